The van der Waals surface area contributed by atoms with E-state index < -0.39 is 0 Å². The second-order valence-electron chi connectivity index (χ2n) is 4.61. The molecule has 101 valence electrons. The van der Waals surface area contributed by atoms with Gasteiger partial charge in [-0.25, -0.2) is 0 Å². The molecule has 0 atom stereocenters. The molecule has 0 saturated carbocycles. The summed E-state index contributed by atoms with van der Waals surface area (Å²) in [5.74, 6) is 1.56. The molecule has 0 aliphatic carbocycles. The fraction of sp³-hybridized carbons (Fsp3) is 0.211. The molecule has 0 nitrogen and oxygen atoms in total. The average molecular weight is 261 g/mol. The minimum absolute atomic E-state index is 0.871. The number of benzene rings is 1. The van der Waals surface area contributed by atoms with E-state index in [2.05, 4.69) is 62.1 Å². The standard InChI is InChI=1S/C19H22B/c1-3-17(16-18(4-2)14-15-20)10-8-9-13-19-11-6-5-7-12-19/h3-8,10-12,14-15H,2,9,13,16H2,1H3/b10-8-,17-3+,18-14+. The van der Waals surface area contributed by atoms with Crippen molar-refractivity contribution in [3.8, 4) is 0 Å². The predicted octanol–water partition coefficient (Wildman–Crippen LogP) is 4.59. The van der Waals surface area contributed by atoms with Gasteiger partial charge in [0, 0.05) is 0 Å². The number of allylic oxidation sites excluding steroid dienone is 7. The molecule has 1 rings (SSSR count). The zero-order valence-electron chi connectivity index (χ0n) is 12.3. The number of aryl methyl sites for hydroxylation is 1. The topological polar surface area (TPSA) is 0 Å². The maximum atomic E-state index is 5.42. The first-order valence-corrected chi connectivity index (χ1v) is 7.02. The molecule has 1 radical (unpaired) electrons. The zero-order valence-corrected chi connectivity index (χ0v) is 12.3. The average Bonchev–Trinajstić information content (AvgIpc) is 2.50. The molecule has 0 fully saturated rings. The van der Waals surface area contributed by atoms with Gasteiger partial charge in [-0.2, -0.15) is 0 Å². The van der Waals surface area contributed by atoms with Crippen LogP contribution in [-0.4, -0.2) is 13.5 Å². The van der Waals surface area contributed by atoms with Crippen molar-refractivity contribution in [1.82, 2.24) is 0 Å². The van der Waals surface area contributed by atoms with Crippen molar-refractivity contribution in [2.45, 2.75) is 26.2 Å². The Morgan fingerprint density at radius 3 is 2.55 bits per heavy atom. The third-order valence-corrected chi connectivity index (χ3v) is 3.13. The fourth-order valence-electron chi connectivity index (χ4n) is 1.95. The molecule has 0 aliphatic rings. The van der Waals surface area contributed by atoms with Crippen LogP contribution >= 0.6 is 0 Å². The van der Waals surface area contributed by atoms with Crippen LogP contribution in [0.5, 0.6) is 0 Å². The Bertz CT molecular complexity index is 504. The van der Waals surface area contributed by atoms with Gasteiger partial charge in [0.15, 0.2) is 0 Å². The van der Waals surface area contributed by atoms with Crippen molar-refractivity contribution < 1.29 is 0 Å². The zero-order chi connectivity index (χ0) is 14.6. The molecule has 0 amide bonds. The van der Waals surface area contributed by atoms with E-state index in [1.165, 1.54) is 11.1 Å². The Labute approximate surface area is 124 Å². The monoisotopic (exact) mass is 261 g/mol. The summed E-state index contributed by atoms with van der Waals surface area (Å²) in [6.45, 7) is 5.87. The van der Waals surface area contributed by atoms with Crippen LogP contribution in [-0.2, 0) is 6.42 Å². The molecule has 0 aliphatic heterocycles. The Kier molecular flexibility index (Phi) is 8.06. The number of hydrogen-bond acceptors (Lipinski definition) is 0. The predicted molar refractivity (Wildman–Crippen MR) is 92.4 cm³/mol. The second kappa shape index (κ2) is 9.97. The summed E-state index contributed by atoms with van der Waals surface area (Å²) >= 11 is 0. The van der Waals surface area contributed by atoms with Crippen molar-refractivity contribution in [3.05, 3.63) is 84.0 Å². The van der Waals surface area contributed by atoms with E-state index >= 15 is 0 Å². The maximum absolute atomic E-state index is 5.42. The van der Waals surface area contributed by atoms with E-state index in [1.807, 2.05) is 12.2 Å². The van der Waals surface area contributed by atoms with Gasteiger partial charge >= 0.3 is 118 Å². The summed E-state index contributed by atoms with van der Waals surface area (Å²) in [5, 5.41) is 0. The first-order valence-electron chi connectivity index (χ1n) is 7.02. The van der Waals surface area contributed by atoms with Gasteiger partial charge in [-0.1, -0.05) is 6.07 Å². The molecule has 0 heterocycles. The van der Waals surface area contributed by atoms with Gasteiger partial charge in [0.25, 0.3) is 0 Å². The van der Waals surface area contributed by atoms with Crippen molar-refractivity contribution in [2.75, 3.05) is 0 Å². The van der Waals surface area contributed by atoms with Crippen LogP contribution in [0.2, 0.25) is 0 Å². The van der Waals surface area contributed by atoms with Gasteiger partial charge in [-0.15, -0.1) is 0 Å². The summed E-state index contributed by atoms with van der Waals surface area (Å²) in [7, 11) is 5.42. The van der Waals surface area contributed by atoms with Crippen LogP contribution in [0, 0.1) is 0 Å². The van der Waals surface area contributed by atoms with E-state index in [4.69, 9.17) is 7.49 Å². The number of hydrogen-bond donors (Lipinski definition) is 0. The molecule has 0 bridgehead atoms. The Morgan fingerprint density at radius 2 is 1.95 bits per heavy atom. The van der Waals surface area contributed by atoms with Crippen LogP contribution in [0.25, 0.3) is 0 Å². The quantitative estimate of drug-likeness (QED) is 0.474. The molecular weight excluding hydrogens is 239 g/mol. The van der Waals surface area contributed by atoms with E-state index in [1.54, 1.807) is 5.97 Å². The molecule has 1 aromatic carbocycles. The van der Waals surface area contributed by atoms with Gasteiger partial charge in [0.1, 0.15) is 0 Å². The Balaban J connectivity index is 2.48. The van der Waals surface area contributed by atoms with Gasteiger partial charge in [0.2, 0.25) is 0 Å². The normalized spacial score (nSPS) is 12.6. The van der Waals surface area contributed by atoms with E-state index in [9.17, 15) is 0 Å². The SMILES string of the molecule is [B]=C/C=C(\C=C)CC(/C=C\CCc1ccccc1)=C/C. The summed E-state index contributed by atoms with van der Waals surface area (Å²) in [5.41, 5.74) is 3.79. The summed E-state index contributed by atoms with van der Waals surface area (Å²) < 4.78 is 0. The molecule has 0 N–H and O–H groups in total. The second-order valence-corrected chi connectivity index (χ2v) is 4.61. The van der Waals surface area contributed by atoms with E-state index in [-0.39, 0.29) is 0 Å². The van der Waals surface area contributed by atoms with E-state index in [0.29, 0.717) is 0 Å². The summed E-state index contributed by atoms with van der Waals surface area (Å²) in [4.78, 5) is 0. The molecule has 1 aromatic rings. The first kappa shape index (κ1) is 16.2. The first-order chi connectivity index (χ1) is 9.80. The fourth-order valence-corrected chi connectivity index (χ4v) is 1.95. The minimum atomic E-state index is 0.871. The van der Waals surface area contributed by atoms with E-state index in [0.717, 1.165) is 24.8 Å². The van der Waals surface area contributed by atoms with Crippen LogP contribution in [0.15, 0.2) is 78.4 Å². The molecule has 0 aromatic heterocycles. The van der Waals surface area contributed by atoms with Gasteiger partial charge < -0.3 is 0 Å². The van der Waals surface area contributed by atoms with Crippen molar-refractivity contribution in [2.24, 2.45) is 0 Å². The third kappa shape index (κ3) is 6.33. The van der Waals surface area contributed by atoms with Crippen molar-refractivity contribution >= 4 is 13.5 Å². The van der Waals surface area contributed by atoms with Gasteiger partial charge in [-0.05, 0) is 0 Å². The van der Waals surface area contributed by atoms with Crippen LogP contribution in [0.1, 0.15) is 25.3 Å². The van der Waals surface area contributed by atoms with Crippen molar-refractivity contribution in [3.63, 3.8) is 0 Å². The van der Waals surface area contributed by atoms with Crippen LogP contribution in [0.4, 0.5) is 0 Å². The molecule has 0 saturated heterocycles. The molecular formula is C19H22B. The van der Waals surface area contributed by atoms with Gasteiger partial charge in [-0.3, -0.25) is 0 Å². The van der Waals surface area contributed by atoms with Crippen LogP contribution in [0.3, 0.4) is 0 Å². The molecule has 0 spiro atoms. The Hall–Kier alpha value is -1.89. The van der Waals surface area contributed by atoms with Crippen LogP contribution < -0.4 is 0 Å². The molecule has 0 unspecified atom stereocenters. The third-order valence-electron chi connectivity index (χ3n) is 3.13. The van der Waals surface area contributed by atoms with Crippen molar-refractivity contribution in [1.29, 1.82) is 0 Å². The molecule has 1 heteroatoms. The Morgan fingerprint density at radius 1 is 1.20 bits per heavy atom. The number of rotatable bonds is 8. The summed E-state index contributed by atoms with van der Waals surface area (Å²) in [6, 6.07) is 10.6. The summed E-state index contributed by atoms with van der Waals surface area (Å²) in [6.07, 6.45) is 13.3. The molecule has 20 heavy (non-hydrogen) atoms. The van der Waals surface area contributed by atoms with Gasteiger partial charge in [0.05, 0.1) is 0 Å².